The number of likely N-dealkylation sites (tertiary alicyclic amines) is 1. The molecule has 0 radical (unpaired) electrons. The molecule has 3 rings (SSSR count). The minimum Gasteiger partial charge on any atom is -0.344 e. The molecule has 3 heterocycles. The summed E-state index contributed by atoms with van der Waals surface area (Å²) >= 11 is 0. The molecule has 1 aliphatic rings. The summed E-state index contributed by atoms with van der Waals surface area (Å²) in [5, 5.41) is 0. The summed E-state index contributed by atoms with van der Waals surface area (Å²) < 4.78 is 0. The molecular weight excluding hydrogens is 290 g/mol. The number of nitrogens with zero attached hydrogens (tertiary/aromatic N) is 5. The third kappa shape index (κ3) is 3.83. The van der Waals surface area contributed by atoms with Gasteiger partial charge < -0.3 is 9.80 Å². The van der Waals surface area contributed by atoms with Crippen molar-refractivity contribution in [1.29, 1.82) is 0 Å². The third-order valence-electron chi connectivity index (χ3n) is 4.08. The van der Waals surface area contributed by atoms with Crippen LogP contribution in [-0.2, 0) is 6.42 Å². The van der Waals surface area contributed by atoms with E-state index < -0.39 is 0 Å². The SMILES string of the molecule is CN(CCc1ccncc1)c1nccc(C(=O)N2CCCC2)n1. The molecule has 0 bridgehead atoms. The van der Waals surface area contributed by atoms with Crippen LogP contribution < -0.4 is 4.90 Å². The minimum absolute atomic E-state index is 0.00804. The Kier molecular flexibility index (Phi) is 4.80. The predicted octanol–water partition coefficient (Wildman–Crippen LogP) is 1.79. The summed E-state index contributed by atoms with van der Waals surface area (Å²) in [6.07, 6.45) is 8.29. The highest BCUT2D eigenvalue weighted by Gasteiger charge is 2.21. The molecule has 0 aromatic carbocycles. The first-order valence-corrected chi connectivity index (χ1v) is 7.96. The number of pyridine rings is 1. The van der Waals surface area contributed by atoms with Crippen LogP contribution >= 0.6 is 0 Å². The summed E-state index contributed by atoms with van der Waals surface area (Å²) in [6.45, 7) is 2.44. The van der Waals surface area contributed by atoms with Crippen molar-refractivity contribution in [3.8, 4) is 0 Å². The fourth-order valence-corrected chi connectivity index (χ4v) is 2.68. The number of carbonyl (C=O) groups excluding carboxylic acids is 1. The number of carbonyl (C=O) groups is 1. The first-order valence-electron chi connectivity index (χ1n) is 7.96. The zero-order valence-corrected chi connectivity index (χ0v) is 13.4. The maximum absolute atomic E-state index is 12.4. The van der Waals surface area contributed by atoms with Crippen molar-refractivity contribution in [2.75, 3.05) is 31.6 Å². The van der Waals surface area contributed by atoms with Crippen molar-refractivity contribution in [2.24, 2.45) is 0 Å². The van der Waals surface area contributed by atoms with Gasteiger partial charge in [-0.05, 0) is 43.0 Å². The average Bonchev–Trinajstić information content (AvgIpc) is 3.14. The van der Waals surface area contributed by atoms with Gasteiger partial charge in [-0.3, -0.25) is 9.78 Å². The second-order valence-electron chi connectivity index (χ2n) is 5.77. The zero-order valence-electron chi connectivity index (χ0n) is 13.4. The molecule has 0 atom stereocenters. The van der Waals surface area contributed by atoms with Crippen LogP contribution in [0.2, 0.25) is 0 Å². The lowest BCUT2D eigenvalue weighted by Crippen LogP contribution is -2.29. The summed E-state index contributed by atoms with van der Waals surface area (Å²) in [7, 11) is 1.95. The largest absolute Gasteiger partial charge is 0.344 e. The van der Waals surface area contributed by atoms with Gasteiger partial charge in [-0.15, -0.1) is 0 Å². The second kappa shape index (κ2) is 7.17. The van der Waals surface area contributed by atoms with Crippen LogP contribution in [0.5, 0.6) is 0 Å². The van der Waals surface area contributed by atoms with E-state index in [0.717, 1.165) is 38.9 Å². The first-order chi connectivity index (χ1) is 11.2. The Hall–Kier alpha value is -2.50. The van der Waals surface area contributed by atoms with Crippen molar-refractivity contribution in [2.45, 2.75) is 19.3 Å². The summed E-state index contributed by atoms with van der Waals surface area (Å²) in [6, 6.07) is 5.70. The van der Waals surface area contributed by atoms with Crippen LogP contribution in [0.1, 0.15) is 28.9 Å². The Labute approximate surface area is 136 Å². The molecule has 0 aliphatic carbocycles. The second-order valence-corrected chi connectivity index (χ2v) is 5.77. The Morgan fingerprint density at radius 3 is 2.65 bits per heavy atom. The van der Waals surface area contributed by atoms with Crippen LogP contribution in [0.25, 0.3) is 0 Å². The van der Waals surface area contributed by atoms with E-state index in [1.54, 1.807) is 24.7 Å². The lowest BCUT2D eigenvalue weighted by molar-refractivity contribution is 0.0787. The lowest BCUT2D eigenvalue weighted by atomic mass is 10.2. The Morgan fingerprint density at radius 1 is 1.17 bits per heavy atom. The van der Waals surface area contributed by atoms with E-state index in [1.165, 1.54) is 5.56 Å². The van der Waals surface area contributed by atoms with Crippen LogP contribution in [0.4, 0.5) is 5.95 Å². The summed E-state index contributed by atoms with van der Waals surface area (Å²) in [5.41, 5.74) is 1.70. The minimum atomic E-state index is 0.00804. The van der Waals surface area contributed by atoms with E-state index in [2.05, 4.69) is 15.0 Å². The highest BCUT2D eigenvalue weighted by Crippen LogP contribution is 2.13. The number of hydrogen-bond donors (Lipinski definition) is 0. The van der Waals surface area contributed by atoms with E-state index in [4.69, 9.17) is 0 Å². The highest BCUT2D eigenvalue weighted by atomic mass is 16.2. The monoisotopic (exact) mass is 311 g/mol. The Bertz CT molecular complexity index is 655. The number of amides is 1. The number of aromatic nitrogens is 3. The molecule has 6 nitrogen and oxygen atoms in total. The van der Waals surface area contributed by atoms with Gasteiger partial charge in [0.05, 0.1) is 0 Å². The van der Waals surface area contributed by atoms with Gasteiger partial charge in [0.15, 0.2) is 0 Å². The fourth-order valence-electron chi connectivity index (χ4n) is 2.68. The van der Waals surface area contributed by atoms with E-state index in [0.29, 0.717) is 11.6 Å². The van der Waals surface area contributed by atoms with E-state index in [1.807, 2.05) is 29.0 Å². The van der Waals surface area contributed by atoms with Gasteiger partial charge in [-0.25, -0.2) is 9.97 Å². The third-order valence-corrected chi connectivity index (χ3v) is 4.08. The maximum Gasteiger partial charge on any atom is 0.272 e. The smallest absolute Gasteiger partial charge is 0.272 e. The lowest BCUT2D eigenvalue weighted by Gasteiger charge is -2.19. The first kappa shape index (κ1) is 15.4. The Balaban J connectivity index is 1.65. The molecule has 2 aromatic rings. The van der Waals surface area contributed by atoms with Gasteiger partial charge in [-0.2, -0.15) is 0 Å². The van der Waals surface area contributed by atoms with Gasteiger partial charge in [0, 0.05) is 45.3 Å². The van der Waals surface area contributed by atoms with Crippen LogP contribution in [-0.4, -0.2) is 52.4 Å². The Morgan fingerprint density at radius 2 is 1.91 bits per heavy atom. The number of likely N-dealkylation sites (N-methyl/N-ethyl adjacent to an activating group) is 1. The molecule has 1 fully saturated rings. The van der Waals surface area contributed by atoms with E-state index in [9.17, 15) is 4.79 Å². The molecule has 23 heavy (non-hydrogen) atoms. The van der Waals surface area contributed by atoms with Gasteiger partial charge in [0.25, 0.3) is 5.91 Å². The van der Waals surface area contributed by atoms with Crippen LogP contribution in [0.3, 0.4) is 0 Å². The molecule has 6 heteroatoms. The molecule has 2 aromatic heterocycles. The van der Waals surface area contributed by atoms with Gasteiger partial charge in [0.2, 0.25) is 5.95 Å². The number of anilines is 1. The van der Waals surface area contributed by atoms with Crippen molar-refractivity contribution in [3.63, 3.8) is 0 Å². The highest BCUT2D eigenvalue weighted by molar-refractivity contribution is 5.92. The summed E-state index contributed by atoms with van der Waals surface area (Å²) in [5.74, 6) is 0.595. The van der Waals surface area contributed by atoms with Crippen molar-refractivity contribution < 1.29 is 4.79 Å². The van der Waals surface area contributed by atoms with Gasteiger partial charge in [0.1, 0.15) is 5.69 Å². The van der Waals surface area contributed by atoms with Crippen LogP contribution in [0, 0.1) is 0 Å². The van der Waals surface area contributed by atoms with Crippen molar-refractivity contribution in [1.82, 2.24) is 19.9 Å². The van der Waals surface area contributed by atoms with Gasteiger partial charge in [-0.1, -0.05) is 0 Å². The van der Waals surface area contributed by atoms with Crippen molar-refractivity contribution >= 4 is 11.9 Å². The molecule has 0 saturated carbocycles. The molecule has 0 unspecified atom stereocenters. The molecule has 1 saturated heterocycles. The standard InChI is InChI=1S/C17H21N5O/c1-21(13-7-14-4-8-18-9-5-14)17-19-10-6-15(20-17)16(23)22-11-2-3-12-22/h4-6,8-10H,2-3,7,11-13H2,1H3. The molecule has 1 amide bonds. The molecule has 1 aliphatic heterocycles. The van der Waals surface area contributed by atoms with E-state index in [-0.39, 0.29) is 5.91 Å². The molecule has 0 N–H and O–H groups in total. The van der Waals surface area contributed by atoms with Crippen LogP contribution in [0.15, 0.2) is 36.8 Å². The normalized spacial score (nSPS) is 14.0. The molecular formula is C17H21N5O. The van der Waals surface area contributed by atoms with Gasteiger partial charge >= 0.3 is 0 Å². The quantitative estimate of drug-likeness (QED) is 0.842. The number of rotatable bonds is 5. The summed E-state index contributed by atoms with van der Waals surface area (Å²) in [4.78, 5) is 29.0. The van der Waals surface area contributed by atoms with E-state index >= 15 is 0 Å². The topological polar surface area (TPSA) is 62.2 Å². The maximum atomic E-state index is 12.4. The van der Waals surface area contributed by atoms with Crippen molar-refractivity contribution in [3.05, 3.63) is 48.0 Å². The predicted molar refractivity (Wildman–Crippen MR) is 88.4 cm³/mol. The fraction of sp³-hybridized carbons (Fsp3) is 0.412. The number of hydrogen-bond acceptors (Lipinski definition) is 5. The molecule has 120 valence electrons. The average molecular weight is 311 g/mol. The zero-order chi connectivity index (χ0) is 16.1. The molecule has 0 spiro atoms.